The SMILES string of the molecule is CC1=C(C#Cc2ccccc2)C(C)=[N+]2C1=C(CCC(=O)O)c1c(C)c(C#Cc3ccccc3)c(C)n1[B-]2(F)F. The Balaban J connectivity index is 1.76. The van der Waals surface area contributed by atoms with Gasteiger partial charge >= 0.3 is 12.9 Å². The van der Waals surface area contributed by atoms with E-state index in [9.17, 15) is 9.90 Å². The molecule has 3 heterocycles. The number of allylic oxidation sites excluding steroid dienone is 3. The van der Waals surface area contributed by atoms with E-state index in [1.165, 1.54) is 0 Å². The number of benzene rings is 2. The smallest absolute Gasteiger partial charge is 0.481 e. The van der Waals surface area contributed by atoms with Crippen LogP contribution in [0.4, 0.5) is 8.63 Å². The van der Waals surface area contributed by atoms with Gasteiger partial charge in [-0.3, -0.25) is 4.79 Å². The molecule has 0 saturated heterocycles. The fourth-order valence-electron chi connectivity index (χ4n) is 5.61. The van der Waals surface area contributed by atoms with Crippen molar-refractivity contribution in [2.45, 2.75) is 40.5 Å². The van der Waals surface area contributed by atoms with Gasteiger partial charge in [-0.1, -0.05) is 60.1 Å². The number of hydrogen-bond donors (Lipinski definition) is 1. The number of halogens is 2. The van der Waals surface area contributed by atoms with Crippen LogP contribution in [0.25, 0.3) is 5.57 Å². The molecule has 3 aromatic rings. The molecule has 4 nitrogen and oxygen atoms in total. The Morgan fingerprint density at radius 1 is 0.897 bits per heavy atom. The number of aliphatic carboxylic acids is 1. The molecule has 0 unspecified atom stereocenters. The van der Waals surface area contributed by atoms with Crippen molar-refractivity contribution >= 4 is 24.2 Å². The lowest BCUT2D eigenvalue weighted by Crippen LogP contribution is -2.51. The maximum atomic E-state index is 16.6. The summed E-state index contributed by atoms with van der Waals surface area (Å²) in [6.45, 7) is 2.60. The minimum Gasteiger partial charge on any atom is -0.481 e. The van der Waals surface area contributed by atoms with Crippen molar-refractivity contribution in [3.05, 3.63) is 111 Å². The summed E-state index contributed by atoms with van der Waals surface area (Å²) in [5.74, 6) is 11.4. The second kappa shape index (κ2) is 9.93. The number of nitrogens with zero attached hydrogens (tertiary/aromatic N) is 2. The summed E-state index contributed by atoms with van der Waals surface area (Å²) in [7, 11) is 0. The van der Waals surface area contributed by atoms with Crippen molar-refractivity contribution in [2.75, 3.05) is 0 Å². The molecular weight excluding hydrogens is 493 g/mol. The predicted octanol–water partition coefficient (Wildman–Crippen LogP) is 6.17. The molecular formula is C32H27BF2N2O2. The molecule has 0 aliphatic carbocycles. The summed E-state index contributed by atoms with van der Waals surface area (Å²) in [4.78, 5) is 11.6. The highest BCUT2D eigenvalue weighted by Crippen LogP contribution is 2.45. The first-order valence-corrected chi connectivity index (χ1v) is 12.8. The average molecular weight is 520 g/mol. The van der Waals surface area contributed by atoms with Crippen molar-refractivity contribution in [3.8, 4) is 23.7 Å². The highest BCUT2D eigenvalue weighted by atomic mass is 19.2. The fourth-order valence-corrected chi connectivity index (χ4v) is 5.61. The number of carboxylic acid groups (broad SMARTS) is 1. The summed E-state index contributed by atoms with van der Waals surface area (Å²) in [6, 6.07) is 18.8. The number of fused-ring (bicyclic) bond motifs is 2. The Kier molecular flexibility index (Phi) is 6.62. The molecule has 2 aliphatic rings. The zero-order valence-corrected chi connectivity index (χ0v) is 22.3. The first-order chi connectivity index (χ1) is 18.6. The van der Waals surface area contributed by atoms with E-state index in [2.05, 4.69) is 23.7 Å². The Morgan fingerprint density at radius 2 is 1.46 bits per heavy atom. The molecule has 1 aromatic heterocycles. The van der Waals surface area contributed by atoms with Gasteiger partial charge in [0.05, 0.1) is 5.57 Å². The van der Waals surface area contributed by atoms with E-state index in [4.69, 9.17) is 0 Å². The molecule has 0 bridgehead atoms. The molecule has 194 valence electrons. The van der Waals surface area contributed by atoms with Crippen LogP contribution in [0.2, 0.25) is 0 Å². The number of carboxylic acids is 1. The van der Waals surface area contributed by atoms with Crippen LogP contribution >= 0.6 is 0 Å². The van der Waals surface area contributed by atoms with Gasteiger partial charge in [0.2, 0.25) is 0 Å². The molecule has 0 amide bonds. The summed E-state index contributed by atoms with van der Waals surface area (Å²) in [6.07, 6.45) is -0.0789. The van der Waals surface area contributed by atoms with Gasteiger partial charge in [-0.15, -0.1) is 0 Å². The first-order valence-electron chi connectivity index (χ1n) is 12.8. The second-order valence-electron chi connectivity index (χ2n) is 9.80. The molecule has 39 heavy (non-hydrogen) atoms. The van der Waals surface area contributed by atoms with Crippen LogP contribution in [-0.2, 0) is 4.79 Å². The third kappa shape index (κ3) is 4.41. The van der Waals surface area contributed by atoms with E-state index in [0.29, 0.717) is 50.6 Å². The minimum atomic E-state index is -4.29. The summed E-state index contributed by atoms with van der Waals surface area (Å²) in [5, 5.41) is 9.51. The van der Waals surface area contributed by atoms with E-state index < -0.39 is 12.9 Å². The third-order valence-corrected chi connectivity index (χ3v) is 7.38. The van der Waals surface area contributed by atoms with Crippen LogP contribution < -0.4 is 0 Å². The van der Waals surface area contributed by atoms with Gasteiger partial charge in [0, 0.05) is 52.6 Å². The molecule has 0 atom stereocenters. The van der Waals surface area contributed by atoms with Crippen LogP contribution in [0.15, 0.2) is 77.5 Å². The Labute approximate surface area is 227 Å². The zero-order valence-electron chi connectivity index (χ0n) is 22.3. The fraction of sp³-hybridized carbons (Fsp3) is 0.188. The van der Waals surface area contributed by atoms with Crippen LogP contribution in [-0.4, -0.2) is 32.7 Å². The minimum absolute atomic E-state index is 0.104. The third-order valence-electron chi connectivity index (χ3n) is 7.38. The van der Waals surface area contributed by atoms with Crippen molar-refractivity contribution in [1.82, 2.24) is 4.48 Å². The van der Waals surface area contributed by atoms with Gasteiger partial charge in [-0.05, 0) is 57.0 Å². The highest BCUT2D eigenvalue weighted by molar-refractivity contribution is 6.58. The van der Waals surface area contributed by atoms with Crippen molar-refractivity contribution in [2.24, 2.45) is 0 Å². The van der Waals surface area contributed by atoms with Crippen LogP contribution in [0.3, 0.4) is 0 Å². The first kappa shape index (κ1) is 26.0. The zero-order chi connectivity index (χ0) is 27.9. The van der Waals surface area contributed by atoms with Crippen molar-refractivity contribution in [1.29, 1.82) is 0 Å². The van der Waals surface area contributed by atoms with Crippen molar-refractivity contribution < 1.29 is 23.0 Å². The monoisotopic (exact) mass is 520 g/mol. The van der Waals surface area contributed by atoms with Crippen LogP contribution in [0.1, 0.15) is 60.3 Å². The maximum absolute atomic E-state index is 16.6. The highest BCUT2D eigenvalue weighted by Gasteiger charge is 2.56. The van der Waals surface area contributed by atoms with Crippen LogP contribution in [0.5, 0.6) is 0 Å². The Morgan fingerprint density at radius 3 is 2.03 bits per heavy atom. The topological polar surface area (TPSA) is 45.2 Å². The standard InChI is InChI=1S/C32H27BF2N2O2/c1-21-27(17-15-25-11-7-5-8-12-25)23(3)36-31(21)29(19-20-30(38)39)32-22(2)28(24(4)37(32)33(36,34)35)18-16-26-13-9-6-10-14-26/h5-14H,19-20H2,1-4H3,(H,38,39). The lowest BCUT2D eigenvalue weighted by molar-refractivity contribution is -0.364. The molecule has 0 saturated carbocycles. The van der Waals surface area contributed by atoms with E-state index in [0.717, 1.165) is 20.1 Å². The van der Waals surface area contributed by atoms with E-state index in [1.807, 2.05) is 60.7 Å². The van der Waals surface area contributed by atoms with Gasteiger partial charge < -0.3 is 22.7 Å². The van der Waals surface area contributed by atoms with Gasteiger partial charge in [0.25, 0.3) is 0 Å². The van der Waals surface area contributed by atoms with Crippen molar-refractivity contribution in [3.63, 3.8) is 0 Å². The molecule has 2 aliphatic heterocycles. The normalized spacial score (nSPS) is 15.3. The van der Waals surface area contributed by atoms with E-state index in [1.54, 1.807) is 27.7 Å². The predicted molar refractivity (Wildman–Crippen MR) is 150 cm³/mol. The molecule has 0 radical (unpaired) electrons. The van der Waals surface area contributed by atoms with E-state index in [-0.39, 0.29) is 12.8 Å². The van der Waals surface area contributed by atoms with Gasteiger partial charge in [-0.2, -0.15) is 0 Å². The maximum Gasteiger partial charge on any atom is 0.737 e. The lowest BCUT2D eigenvalue weighted by atomic mass is 9.84. The molecule has 0 spiro atoms. The average Bonchev–Trinajstić information content (AvgIpc) is 3.32. The van der Waals surface area contributed by atoms with Gasteiger partial charge in [-0.25, -0.2) is 0 Å². The van der Waals surface area contributed by atoms with E-state index >= 15 is 8.63 Å². The molecule has 5 rings (SSSR count). The molecule has 1 N–H and O–H groups in total. The number of aromatic nitrogens is 1. The Hall–Kier alpha value is -4.62. The molecule has 0 fully saturated rings. The Bertz CT molecular complexity index is 1740. The largest absolute Gasteiger partial charge is 0.737 e. The quantitative estimate of drug-likeness (QED) is 0.332. The summed E-state index contributed by atoms with van der Waals surface area (Å²) >= 11 is 0. The van der Waals surface area contributed by atoms with Crippen LogP contribution in [0, 0.1) is 37.5 Å². The number of rotatable bonds is 3. The molecule has 2 aromatic carbocycles. The lowest BCUT2D eigenvalue weighted by Gasteiger charge is -2.33. The summed E-state index contributed by atoms with van der Waals surface area (Å²) in [5.41, 5.74) is 5.89. The van der Waals surface area contributed by atoms with Gasteiger partial charge in [0.15, 0.2) is 5.70 Å². The second-order valence-corrected chi connectivity index (χ2v) is 9.80. The number of hydrogen-bond acceptors (Lipinski definition) is 1. The van der Waals surface area contributed by atoms with Gasteiger partial charge in [0.1, 0.15) is 5.71 Å². The molecule has 7 heteroatoms. The summed E-state index contributed by atoms with van der Waals surface area (Å²) < 4.78 is 35.3. The number of carbonyl (C=O) groups is 1.